The predicted molar refractivity (Wildman–Crippen MR) is 69.0 cm³/mol. The van der Waals surface area contributed by atoms with E-state index in [1.807, 2.05) is 0 Å². The van der Waals surface area contributed by atoms with Gasteiger partial charge in [0.15, 0.2) is 0 Å². The number of amidine groups is 1. The smallest absolute Gasteiger partial charge is 0.283 e. The van der Waals surface area contributed by atoms with Crippen LogP contribution in [0.3, 0.4) is 0 Å². The average Bonchev–Trinajstić information content (AvgIpc) is 3.12. The number of nitrogens with two attached hydrogens (primary N) is 2. The molecule has 0 radical (unpaired) electrons. The van der Waals surface area contributed by atoms with Crippen LogP contribution < -0.4 is 11.5 Å². The van der Waals surface area contributed by atoms with E-state index in [9.17, 15) is 4.39 Å². The van der Waals surface area contributed by atoms with Crippen molar-refractivity contribution in [1.82, 2.24) is 0 Å². The summed E-state index contributed by atoms with van der Waals surface area (Å²) in [6.45, 7) is 0.249. The first-order chi connectivity index (χ1) is 9.06. The number of nitrogen functional groups attached to an aromatic ring is 1. The fourth-order valence-corrected chi connectivity index (χ4v) is 2.84. The number of benzene rings is 1. The van der Waals surface area contributed by atoms with Crippen LogP contribution in [0.1, 0.15) is 12.0 Å². The number of methoxy groups -OCH3 is 1. The molecule has 1 saturated carbocycles. The second-order valence-electron chi connectivity index (χ2n) is 5.05. The third-order valence-electron chi connectivity index (χ3n) is 3.75. The zero-order valence-electron chi connectivity index (χ0n) is 10.6. The first kappa shape index (κ1) is 12.2. The fourth-order valence-electron chi connectivity index (χ4n) is 2.84. The molecule has 3 rings (SSSR count). The molecule has 0 bridgehead atoms. The number of hydrogen-bond acceptors (Lipinski definition) is 5. The third kappa shape index (κ3) is 1.83. The van der Waals surface area contributed by atoms with Gasteiger partial charge in [0.25, 0.3) is 6.02 Å². The lowest BCUT2D eigenvalue weighted by atomic mass is 9.85. The molecule has 1 aliphatic heterocycles. The van der Waals surface area contributed by atoms with Crippen molar-refractivity contribution in [3.05, 3.63) is 29.6 Å². The Bertz CT molecular complexity index is 549. The van der Waals surface area contributed by atoms with Gasteiger partial charge in [-0.05, 0) is 24.6 Å². The Morgan fingerprint density at radius 1 is 1.53 bits per heavy atom. The van der Waals surface area contributed by atoms with Crippen LogP contribution in [0.2, 0.25) is 0 Å². The lowest BCUT2D eigenvalue weighted by Crippen LogP contribution is -2.41. The number of aliphatic imine (C=N–C) groups is 1. The molecule has 0 aromatic heterocycles. The monoisotopic (exact) mass is 265 g/mol. The molecule has 0 spiro atoms. The van der Waals surface area contributed by atoms with E-state index in [4.69, 9.17) is 20.9 Å². The first-order valence-electron chi connectivity index (χ1n) is 6.13. The van der Waals surface area contributed by atoms with Crippen molar-refractivity contribution in [3.63, 3.8) is 0 Å². The van der Waals surface area contributed by atoms with E-state index < -0.39 is 5.54 Å². The topological polar surface area (TPSA) is 82.9 Å². The maximum atomic E-state index is 14.2. The Morgan fingerprint density at radius 2 is 2.32 bits per heavy atom. The third-order valence-corrected chi connectivity index (χ3v) is 3.75. The van der Waals surface area contributed by atoms with Gasteiger partial charge in [-0.2, -0.15) is 0 Å². The van der Waals surface area contributed by atoms with E-state index in [1.54, 1.807) is 13.2 Å². The summed E-state index contributed by atoms with van der Waals surface area (Å²) in [5.74, 6) is -0.272. The summed E-state index contributed by atoms with van der Waals surface area (Å²) in [7, 11) is 1.56. The predicted octanol–water partition coefficient (Wildman–Crippen LogP) is 0.983. The van der Waals surface area contributed by atoms with Crippen LogP contribution in [0.15, 0.2) is 23.2 Å². The van der Waals surface area contributed by atoms with Gasteiger partial charge in [0, 0.05) is 24.3 Å². The maximum Gasteiger partial charge on any atom is 0.283 e. The molecule has 1 aromatic carbocycles. The lowest BCUT2D eigenvalue weighted by molar-refractivity contribution is 0.0898. The summed E-state index contributed by atoms with van der Waals surface area (Å²) in [5, 5.41) is 0. The van der Waals surface area contributed by atoms with E-state index in [0.717, 1.165) is 6.42 Å². The Hall–Kier alpha value is -1.82. The van der Waals surface area contributed by atoms with E-state index >= 15 is 0 Å². The second kappa shape index (κ2) is 4.09. The van der Waals surface area contributed by atoms with Gasteiger partial charge in [0.1, 0.15) is 17.5 Å². The number of ether oxygens (including phenoxy) is 2. The highest BCUT2D eigenvalue weighted by Crippen LogP contribution is 2.53. The van der Waals surface area contributed by atoms with Crippen molar-refractivity contribution in [1.29, 1.82) is 0 Å². The molecule has 1 heterocycles. The molecule has 0 saturated heterocycles. The van der Waals surface area contributed by atoms with Gasteiger partial charge in [0.05, 0.1) is 6.61 Å². The van der Waals surface area contributed by atoms with Gasteiger partial charge >= 0.3 is 0 Å². The number of anilines is 1. The van der Waals surface area contributed by atoms with Crippen LogP contribution in [-0.2, 0) is 15.0 Å². The Balaban J connectivity index is 2.15. The molecule has 1 aromatic rings. The normalized spacial score (nSPS) is 32.2. The first-order valence-corrected chi connectivity index (χ1v) is 6.13. The van der Waals surface area contributed by atoms with E-state index in [-0.39, 0.29) is 30.5 Å². The summed E-state index contributed by atoms with van der Waals surface area (Å²) in [6.07, 6.45) is 0.787. The molecular formula is C13H16FN3O2. The molecule has 0 amide bonds. The molecule has 3 atom stereocenters. The molecule has 2 aliphatic rings. The van der Waals surface area contributed by atoms with Crippen molar-refractivity contribution < 1.29 is 13.9 Å². The largest absolute Gasteiger partial charge is 0.462 e. The fraction of sp³-hybridized carbons (Fsp3) is 0.462. The van der Waals surface area contributed by atoms with Crippen LogP contribution in [0, 0.1) is 11.7 Å². The summed E-state index contributed by atoms with van der Waals surface area (Å²) < 4.78 is 24.8. The standard InChI is InChI=1S/C13H16FN3O2/c1-18-6-13(8-4-7(15)2-3-10(8)14)9-5-11(9)19-12(16)17-13/h2-4,9,11H,5-6,15H2,1H3,(H2,16,17)/t9-,11+,13+/m0/s1. The molecule has 1 fully saturated rings. The van der Waals surface area contributed by atoms with Gasteiger partial charge in [-0.1, -0.05) is 0 Å². The van der Waals surface area contributed by atoms with Crippen molar-refractivity contribution >= 4 is 11.7 Å². The minimum atomic E-state index is -0.832. The van der Waals surface area contributed by atoms with Crippen molar-refractivity contribution in [2.45, 2.75) is 18.1 Å². The molecule has 4 N–H and O–H groups in total. The van der Waals surface area contributed by atoms with Crippen LogP contribution in [-0.4, -0.2) is 25.8 Å². The Labute approximate surface area is 110 Å². The highest BCUT2D eigenvalue weighted by atomic mass is 19.1. The number of hydrogen-bond donors (Lipinski definition) is 2. The zero-order chi connectivity index (χ0) is 13.6. The van der Waals surface area contributed by atoms with Crippen molar-refractivity contribution in [3.8, 4) is 0 Å². The lowest BCUT2D eigenvalue weighted by Gasteiger charge is -2.33. The Kier molecular flexibility index (Phi) is 2.63. The summed E-state index contributed by atoms with van der Waals surface area (Å²) in [4.78, 5) is 4.35. The number of fused-ring (bicyclic) bond motifs is 1. The molecule has 1 aliphatic carbocycles. The number of halogens is 1. The number of rotatable bonds is 3. The van der Waals surface area contributed by atoms with Crippen LogP contribution in [0.4, 0.5) is 10.1 Å². The summed E-state index contributed by atoms with van der Waals surface area (Å²) >= 11 is 0. The van der Waals surface area contributed by atoms with E-state index in [0.29, 0.717) is 11.3 Å². The molecule has 102 valence electrons. The van der Waals surface area contributed by atoms with Crippen molar-refractivity contribution in [2.24, 2.45) is 16.6 Å². The highest BCUT2D eigenvalue weighted by Gasteiger charge is 2.59. The van der Waals surface area contributed by atoms with Gasteiger partial charge < -0.3 is 20.9 Å². The number of nitrogens with zero attached hydrogens (tertiary/aromatic N) is 1. The van der Waals surface area contributed by atoms with E-state index in [2.05, 4.69) is 4.99 Å². The van der Waals surface area contributed by atoms with Gasteiger partial charge in [-0.25, -0.2) is 9.38 Å². The molecule has 6 heteroatoms. The van der Waals surface area contributed by atoms with Crippen LogP contribution in [0.5, 0.6) is 0 Å². The minimum absolute atomic E-state index is 0.00604. The Morgan fingerprint density at radius 3 is 3.05 bits per heavy atom. The SMILES string of the molecule is COC[C@]1(c2cc(N)ccc2F)N=C(N)O[C@@H]2C[C@@H]21. The summed E-state index contributed by atoms with van der Waals surface area (Å²) in [6, 6.07) is 4.56. The average molecular weight is 265 g/mol. The van der Waals surface area contributed by atoms with Crippen LogP contribution >= 0.6 is 0 Å². The summed E-state index contributed by atoms with van der Waals surface area (Å²) in [5.41, 5.74) is 11.5. The molecule has 5 nitrogen and oxygen atoms in total. The van der Waals surface area contributed by atoms with Gasteiger partial charge in [0.2, 0.25) is 0 Å². The van der Waals surface area contributed by atoms with Gasteiger partial charge in [-0.3, -0.25) is 0 Å². The quantitative estimate of drug-likeness (QED) is 0.798. The maximum absolute atomic E-state index is 14.2. The minimum Gasteiger partial charge on any atom is -0.462 e. The molecular weight excluding hydrogens is 249 g/mol. The van der Waals surface area contributed by atoms with Crippen molar-refractivity contribution in [2.75, 3.05) is 19.5 Å². The highest BCUT2D eigenvalue weighted by molar-refractivity contribution is 5.74. The van der Waals surface area contributed by atoms with Crippen LogP contribution in [0.25, 0.3) is 0 Å². The van der Waals surface area contributed by atoms with Gasteiger partial charge in [-0.15, -0.1) is 0 Å². The second-order valence-corrected chi connectivity index (χ2v) is 5.05. The van der Waals surface area contributed by atoms with E-state index in [1.165, 1.54) is 12.1 Å². The molecule has 19 heavy (non-hydrogen) atoms. The molecule has 0 unspecified atom stereocenters. The zero-order valence-corrected chi connectivity index (χ0v) is 10.6.